The van der Waals surface area contributed by atoms with Crippen LogP contribution < -0.4 is 5.32 Å². The first kappa shape index (κ1) is 14.3. The summed E-state index contributed by atoms with van der Waals surface area (Å²) in [5.41, 5.74) is 1.72. The number of rotatable bonds is 4. The van der Waals surface area contributed by atoms with E-state index >= 15 is 0 Å². The third-order valence-corrected chi connectivity index (χ3v) is 3.75. The normalized spacial score (nSPS) is 20.9. The van der Waals surface area contributed by atoms with Crippen molar-refractivity contribution in [2.24, 2.45) is 11.3 Å². The van der Waals surface area contributed by atoms with Crippen LogP contribution in [0.3, 0.4) is 0 Å². The molecular weight excluding hydrogens is 248 g/mol. The molecule has 104 valence electrons. The molecule has 1 aliphatic carbocycles. The van der Waals surface area contributed by atoms with Crippen molar-refractivity contribution in [1.82, 2.24) is 5.32 Å². The molecule has 0 bridgehead atoms. The first-order chi connectivity index (χ1) is 9.53. The summed E-state index contributed by atoms with van der Waals surface area (Å²) in [5, 5.41) is 12.6. The summed E-state index contributed by atoms with van der Waals surface area (Å²) < 4.78 is 0. The first-order valence-electron chi connectivity index (χ1n) is 6.95. The van der Waals surface area contributed by atoms with Crippen LogP contribution in [0, 0.1) is 22.7 Å². The quantitative estimate of drug-likeness (QED) is 0.913. The number of nitrogens with one attached hydrogen (secondary N) is 1. The van der Waals surface area contributed by atoms with Crippen LogP contribution in [0.25, 0.3) is 0 Å². The number of carbonyl (C=O) groups is 1. The smallest absolute Gasteiger partial charge is 0.158 e. The molecule has 1 aromatic rings. The number of nitriles is 1. The van der Waals surface area contributed by atoms with Crippen molar-refractivity contribution in [3.8, 4) is 6.07 Å². The van der Waals surface area contributed by atoms with Crippen molar-refractivity contribution < 1.29 is 4.79 Å². The van der Waals surface area contributed by atoms with Gasteiger partial charge in [0.05, 0.1) is 12.0 Å². The van der Waals surface area contributed by atoms with Crippen LogP contribution >= 0.6 is 0 Å². The second kappa shape index (κ2) is 5.92. The molecule has 0 heterocycles. The maximum absolute atomic E-state index is 11.8. The minimum absolute atomic E-state index is 0.101. The zero-order valence-electron chi connectivity index (χ0n) is 12.0. The number of hydrogen-bond acceptors (Lipinski definition) is 3. The molecule has 0 saturated heterocycles. The molecule has 1 unspecified atom stereocenters. The van der Waals surface area contributed by atoms with Crippen LogP contribution in [0.5, 0.6) is 0 Å². The Labute approximate surface area is 120 Å². The number of allylic oxidation sites excluding steroid dienone is 2. The topological polar surface area (TPSA) is 52.9 Å². The van der Waals surface area contributed by atoms with E-state index in [1.807, 2.05) is 32.0 Å². The molecule has 20 heavy (non-hydrogen) atoms. The van der Waals surface area contributed by atoms with E-state index in [1.54, 1.807) is 6.08 Å². The Hall–Kier alpha value is -2.08. The standard InChI is InChI=1S/C17H20N2O/c1-17(2)11-14(20)10-16(15(17)12-18)19-9-8-13-6-4-3-5-7-13/h3-7,10,15,19H,8-9,11H2,1-2H3. The lowest BCUT2D eigenvalue weighted by atomic mass is 9.70. The van der Waals surface area contributed by atoms with Gasteiger partial charge in [0, 0.05) is 24.7 Å². The fraction of sp³-hybridized carbons (Fsp3) is 0.412. The molecule has 0 amide bonds. The Morgan fingerprint density at radius 1 is 1.35 bits per heavy atom. The zero-order chi connectivity index (χ0) is 14.6. The lowest BCUT2D eigenvalue weighted by molar-refractivity contribution is -0.117. The Kier molecular flexibility index (Phi) is 4.24. The molecule has 1 atom stereocenters. The summed E-state index contributed by atoms with van der Waals surface area (Å²) in [6.07, 6.45) is 2.92. The Morgan fingerprint density at radius 3 is 2.70 bits per heavy atom. The van der Waals surface area contributed by atoms with Gasteiger partial charge in [0.25, 0.3) is 0 Å². The third-order valence-electron chi connectivity index (χ3n) is 3.75. The minimum atomic E-state index is -0.296. The average Bonchev–Trinajstić information content (AvgIpc) is 2.38. The second-order valence-electron chi connectivity index (χ2n) is 5.96. The van der Waals surface area contributed by atoms with Crippen molar-refractivity contribution in [1.29, 1.82) is 5.26 Å². The van der Waals surface area contributed by atoms with Gasteiger partial charge in [-0.15, -0.1) is 0 Å². The van der Waals surface area contributed by atoms with Crippen LogP contribution in [0.15, 0.2) is 42.1 Å². The summed E-state index contributed by atoms with van der Waals surface area (Å²) in [4.78, 5) is 11.8. The van der Waals surface area contributed by atoms with Crippen LogP contribution in [0.4, 0.5) is 0 Å². The van der Waals surface area contributed by atoms with Crippen molar-refractivity contribution in [2.75, 3.05) is 6.54 Å². The maximum Gasteiger partial charge on any atom is 0.158 e. The van der Waals surface area contributed by atoms with Crippen LogP contribution in [-0.4, -0.2) is 12.3 Å². The Balaban J connectivity index is 2.01. The van der Waals surface area contributed by atoms with Gasteiger partial charge in [0.1, 0.15) is 0 Å². The number of ketones is 1. The van der Waals surface area contributed by atoms with E-state index in [1.165, 1.54) is 5.56 Å². The highest BCUT2D eigenvalue weighted by molar-refractivity contribution is 5.92. The molecule has 0 aliphatic heterocycles. The molecule has 0 fully saturated rings. The van der Waals surface area contributed by atoms with Gasteiger partial charge in [-0.25, -0.2) is 0 Å². The second-order valence-corrected chi connectivity index (χ2v) is 5.96. The van der Waals surface area contributed by atoms with E-state index in [0.717, 1.165) is 18.7 Å². The van der Waals surface area contributed by atoms with Gasteiger partial charge in [0.2, 0.25) is 0 Å². The summed E-state index contributed by atoms with van der Waals surface area (Å²) >= 11 is 0. The van der Waals surface area contributed by atoms with Gasteiger partial charge in [-0.2, -0.15) is 5.26 Å². The highest BCUT2D eigenvalue weighted by atomic mass is 16.1. The Morgan fingerprint density at radius 2 is 2.05 bits per heavy atom. The van der Waals surface area contributed by atoms with Gasteiger partial charge in [0.15, 0.2) is 5.78 Å². The van der Waals surface area contributed by atoms with E-state index in [0.29, 0.717) is 6.42 Å². The third kappa shape index (κ3) is 3.27. The number of nitrogens with zero attached hydrogens (tertiary/aromatic N) is 1. The molecule has 0 saturated carbocycles. The van der Waals surface area contributed by atoms with Crippen molar-refractivity contribution in [3.63, 3.8) is 0 Å². The summed E-state index contributed by atoms with van der Waals surface area (Å²) in [6, 6.07) is 12.5. The SMILES string of the molecule is CC1(C)CC(=O)C=C(NCCc2ccccc2)C1C#N. The van der Waals surface area contributed by atoms with Gasteiger partial charge < -0.3 is 5.32 Å². The van der Waals surface area contributed by atoms with E-state index in [-0.39, 0.29) is 17.1 Å². The summed E-state index contributed by atoms with van der Waals surface area (Å²) in [7, 11) is 0. The highest BCUT2D eigenvalue weighted by Crippen LogP contribution is 2.38. The van der Waals surface area contributed by atoms with Gasteiger partial charge in [-0.1, -0.05) is 44.2 Å². The molecule has 1 N–H and O–H groups in total. The zero-order valence-corrected chi connectivity index (χ0v) is 12.0. The van der Waals surface area contributed by atoms with Gasteiger partial charge >= 0.3 is 0 Å². The van der Waals surface area contributed by atoms with E-state index in [4.69, 9.17) is 0 Å². The van der Waals surface area contributed by atoms with Crippen LogP contribution in [0.2, 0.25) is 0 Å². The average molecular weight is 268 g/mol. The molecule has 2 rings (SSSR count). The lowest BCUT2D eigenvalue weighted by Gasteiger charge is -2.34. The van der Waals surface area contributed by atoms with Crippen molar-refractivity contribution in [2.45, 2.75) is 26.7 Å². The van der Waals surface area contributed by atoms with E-state index in [9.17, 15) is 10.1 Å². The molecule has 3 nitrogen and oxygen atoms in total. The number of benzene rings is 1. The molecule has 1 aromatic carbocycles. The van der Waals surface area contributed by atoms with Gasteiger partial charge in [-0.05, 0) is 17.4 Å². The largest absolute Gasteiger partial charge is 0.387 e. The van der Waals surface area contributed by atoms with E-state index < -0.39 is 0 Å². The van der Waals surface area contributed by atoms with Gasteiger partial charge in [-0.3, -0.25) is 4.79 Å². The fourth-order valence-corrected chi connectivity index (χ4v) is 2.67. The summed E-state index contributed by atoms with van der Waals surface area (Å²) in [6.45, 7) is 4.69. The Bertz CT molecular complexity index is 552. The molecule has 1 aliphatic rings. The van der Waals surface area contributed by atoms with E-state index in [2.05, 4.69) is 23.5 Å². The predicted octanol–water partition coefficient (Wildman–Crippen LogP) is 2.84. The summed E-state index contributed by atoms with van der Waals surface area (Å²) in [5.74, 6) is -0.139. The molecular formula is C17H20N2O. The minimum Gasteiger partial charge on any atom is -0.387 e. The van der Waals surface area contributed by atoms with Crippen molar-refractivity contribution >= 4 is 5.78 Å². The monoisotopic (exact) mass is 268 g/mol. The lowest BCUT2D eigenvalue weighted by Crippen LogP contribution is -2.37. The molecule has 0 spiro atoms. The molecule has 0 radical (unpaired) electrons. The molecule has 3 heteroatoms. The fourth-order valence-electron chi connectivity index (χ4n) is 2.67. The molecule has 0 aromatic heterocycles. The van der Waals surface area contributed by atoms with Crippen molar-refractivity contribution in [3.05, 3.63) is 47.7 Å². The predicted molar refractivity (Wildman–Crippen MR) is 78.7 cm³/mol. The first-order valence-corrected chi connectivity index (χ1v) is 6.95. The number of hydrogen-bond donors (Lipinski definition) is 1. The highest BCUT2D eigenvalue weighted by Gasteiger charge is 2.37. The maximum atomic E-state index is 11.8. The van der Waals surface area contributed by atoms with Crippen LogP contribution in [0.1, 0.15) is 25.8 Å². The van der Waals surface area contributed by atoms with Crippen LogP contribution in [-0.2, 0) is 11.2 Å². The number of carbonyl (C=O) groups excluding carboxylic acids is 1.